The summed E-state index contributed by atoms with van der Waals surface area (Å²) in [5, 5.41) is 7.36. The number of hydrogen-bond acceptors (Lipinski definition) is 3. The molecule has 0 bridgehead atoms. The standard InChI is InChI=1S/C16H21ClN2O2/c17-12-2-4-14(5-3-12)21-11-15(20)19-13-6-9-18-16(10-13)7-1-8-16/h2-5,13,18H,1,6-11H2,(H,19,20). The molecule has 1 heterocycles. The Hall–Kier alpha value is -1.26. The van der Waals surface area contributed by atoms with E-state index in [2.05, 4.69) is 10.6 Å². The molecule has 1 saturated heterocycles. The highest BCUT2D eigenvalue weighted by molar-refractivity contribution is 6.30. The van der Waals surface area contributed by atoms with Gasteiger partial charge in [-0.3, -0.25) is 4.79 Å². The lowest BCUT2D eigenvalue weighted by Crippen LogP contribution is -2.60. The lowest BCUT2D eigenvalue weighted by molar-refractivity contribution is -0.124. The van der Waals surface area contributed by atoms with Crippen LogP contribution < -0.4 is 15.4 Å². The second-order valence-corrected chi connectivity index (χ2v) is 6.50. The molecule has 2 fully saturated rings. The van der Waals surface area contributed by atoms with Crippen molar-refractivity contribution in [2.24, 2.45) is 0 Å². The molecule has 3 rings (SSSR count). The molecule has 1 spiro atoms. The maximum Gasteiger partial charge on any atom is 0.258 e. The number of nitrogens with one attached hydrogen (secondary N) is 2. The van der Waals surface area contributed by atoms with Crippen LogP contribution in [-0.4, -0.2) is 30.6 Å². The van der Waals surface area contributed by atoms with Gasteiger partial charge in [-0.2, -0.15) is 0 Å². The van der Waals surface area contributed by atoms with Gasteiger partial charge in [0.05, 0.1) is 0 Å². The first-order valence-corrected chi connectivity index (χ1v) is 7.96. The largest absolute Gasteiger partial charge is 0.484 e. The fraction of sp³-hybridized carbons (Fsp3) is 0.562. The van der Waals surface area contributed by atoms with Crippen molar-refractivity contribution in [2.75, 3.05) is 13.2 Å². The molecule has 21 heavy (non-hydrogen) atoms. The molecule has 2 N–H and O–H groups in total. The van der Waals surface area contributed by atoms with Gasteiger partial charge < -0.3 is 15.4 Å². The zero-order valence-electron chi connectivity index (χ0n) is 12.0. The molecule has 1 atom stereocenters. The number of halogens is 1. The minimum absolute atomic E-state index is 0.0497. The highest BCUT2D eigenvalue weighted by Crippen LogP contribution is 2.38. The van der Waals surface area contributed by atoms with Crippen molar-refractivity contribution in [3.63, 3.8) is 0 Å². The van der Waals surface area contributed by atoms with E-state index in [1.807, 2.05) is 0 Å². The summed E-state index contributed by atoms with van der Waals surface area (Å²) in [7, 11) is 0. The molecule has 1 aliphatic heterocycles. The molecule has 5 heteroatoms. The minimum Gasteiger partial charge on any atom is -0.484 e. The quantitative estimate of drug-likeness (QED) is 0.898. The molecule has 0 aromatic heterocycles. The Kier molecular flexibility index (Phi) is 4.36. The molecule has 0 radical (unpaired) electrons. The minimum atomic E-state index is -0.0497. The molecule has 1 aromatic carbocycles. The Labute approximate surface area is 130 Å². The fourth-order valence-electron chi connectivity index (χ4n) is 3.21. The van der Waals surface area contributed by atoms with E-state index in [4.69, 9.17) is 16.3 Å². The van der Waals surface area contributed by atoms with E-state index in [9.17, 15) is 4.79 Å². The molecular weight excluding hydrogens is 288 g/mol. The van der Waals surface area contributed by atoms with Crippen LogP contribution in [0.1, 0.15) is 32.1 Å². The van der Waals surface area contributed by atoms with Crippen LogP contribution in [0.15, 0.2) is 24.3 Å². The second kappa shape index (κ2) is 6.24. The van der Waals surface area contributed by atoms with Crippen LogP contribution in [0, 0.1) is 0 Å². The third kappa shape index (κ3) is 3.69. The topological polar surface area (TPSA) is 50.4 Å². The fourth-order valence-corrected chi connectivity index (χ4v) is 3.34. The van der Waals surface area contributed by atoms with Crippen LogP contribution in [-0.2, 0) is 4.79 Å². The molecule has 1 saturated carbocycles. The zero-order valence-corrected chi connectivity index (χ0v) is 12.8. The van der Waals surface area contributed by atoms with Crippen molar-refractivity contribution in [2.45, 2.75) is 43.7 Å². The molecule has 2 aliphatic rings. The number of carbonyl (C=O) groups excluding carboxylic acids is 1. The average molecular weight is 309 g/mol. The highest BCUT2D eigenvalue weighted by Gasteiger charge is 2.41. The van der Waals surface area contributed by atoms with Crippen LogP contribution in [0.3, 0.4) is 0 Å². The van der Waals surface area contributed by atoms with Gasteiger partial charge >= 0.3 is 0 Å². The SMILES string of the molecule is O=C(COc1ccc(Cl)cc1)NC1CCNC2(CCC2)C1. The van der Waals surface area contributed by atoms with Crippen LogP contribution in [0.2, 0.25) is 5.02 Å². The van der Waals surface area contributed by atoms with E-state index >= 15 is 0 Å². The number of carbonyl (C=O) groups is 1. The highest BCUT2D eigenvalue weighted by atomic mass is 35.5. The summed E-state index contributed by atoms with van der Waals surface area (Å²) in [6.07, 6.45) is 5.81. The summed E-state index contributed by atoms with van der Waals surface area (Å²) >= 11 is 5.81. The maximum atomic E-state index is 12.0. The first kappa shape index (κ1) is 14.7. The second-order valence-electron chi connectivity index (χ2n) is 6.06. The van der Waals surface area contributed by atoms with Crippen LogP contribution >= 0.6 is 11.6 Å². The monoisotopic (exact) mass is 308 g/mol. The number of piperidine rings is 1. The molecular formula is C16H21ClN2O2. The van der Waals surface area contributed by atoms with Crippen molar-refractivity contribution in [3.8, 4) is 5.75 Å². The smallest absolute Gasteiger partial charge is 0.258 e. The Morgan fingerprint density at radius 2 is 2.14 bits per heavy atom. The first-order chi connectivity index (χ1) is 10.2. The molecule has 1 unspecified atom stereocenters. The molecule has 1 aromatic rings. The van der Waals surface area contributed by atoms with Crippen molar-refractivity contribution < 1.29 is 9.53 Å². The summed E-state index contributed by atoms with van der Waals surface area (Å²) in [6, 6.07) is 7.31. The third-order valence-corrected chi connectivity index (χ3v) is 4.74. The number of hydrogen-bond donors (Lipinski definition) is 2. The van der Waals surface area contributed by atoms with Crippen LogP contribution in [0.4, 0.5) is 0 Å². The van der Waals surface area contributed by atoms with E-state index < -0.39 is 0 Å². The summed E-state index contributed by atoms with van der Waals surface area (Å²) in [6.45, 7) is 1.04. The third-order valence-electron chi connectivity index (χ3n) is 4.49. The lowest BCUT2D eigenvalue weighted by Gasteiger charge is -2.48. The summed E-state index contributed by atoms with van der Waals surface area (Å²) in [5.74, 6) is 0.613. The summed E-state index contributed by atoms with van der Waals surface area (Å²) in [5.41, 5.74) is 0.299. The normalized spacial score (nSPS) is 23.4. The van der Waals surface area contributed by atoms with Crippen molar-refractivity contribution >= 4 is 17.5 Å². The molecule has 1 amide bonds. The molecule has 114 valence electrons. The van der Waals surface area contributed by atoms with Gasteiger partial charge in [0.25, 0.3) is 5.91 Å². The Morgan fingerprint density at radius 1 is 1.38 bits per heavy atom. The first-order valence-electron chi connectivity index (χ1n) is 7.58. The van der Waals surface area contributed by atoms with E-state index in [1.54, 1.807) is 24.3 Å². The summed E-state index contributed by atoms with van der Waals surface area (Å²) in [4.78, 5) is 12.0. The number of amides is 1. The van der Waals surface area contributed by atoms with Crippen molar-refractivity contribution in [1.82, 2.24) is 10.6 Å². The van der Waals surface area contributed by atoms with Gasteiger partial charge in [0.1, 0.15) is 5.75 Å². The number of benzene rings is 1. The Bertz CT molecular complexity index is 500. The van der Waals surface area contributed by atoms with E-state index in [-0.39, 0.29) is 18.6 Å². The van der Waals surface area contributed by atoms with E-state index in [1.165, 1.54) is 19.3 Å². The van der Waals surface area contributed by atoms with Crippen LogP contribution in [0.25, 0.3) is 0 Å². The van der Waals surface area contributed by atoms with Crippen molar-refractivity contribution in [3.05, 3.63) is 29.3 Å². The van der Waals surface area contributed by atoms with Gasteiger partial charge in [0, 0.05) is 16.6 Å². The molecule has 1 aliphatic carbocycles. The Morgan fingerprint density at radius 3 is 2.81 bits per heavy atom. The van der Waals surface area contributed by atoms with E-state index in [0.29, 0.717) is 16.3 Å². The van der Waals surface area contributed by atoms with Gasteiger partial charge in [-0.05, 0) is 62.9 Å². The van der Waals surface area contributed by atoms with Gasteiger partial charge in [0.2, 0.25) is 0 Å². The van der Waals surface area contributed by atoms with Gasteiger partial charge in [-0.1, -0.05) is 11.6 Å². The predicted octanol–water partition coefficient (Wildman–Crippen LogP) is 2.51. The van der Waals surface area contributed by atoms with Gasteiger partial charge in [-0.15, -0.1) is 0 Å². The number of ether oxygens (including phenoxy) is 1. The lowest BCUT2D eigenvalue weighted by atomic mass is 9.70. The summed E-state index contributed by atoms with van der Waals surface area (Å²) < 4.78 is 5.47. The Balaban J connectivity index is 1.44. The predicted molar refractivity (Wildman–Crippen MR) is 82.7 cm³/mol. The van der Waals surface area contributed by atoms with Gasteiger partial charge in [0.15, 0.2) is 6.61 Å². The van der Waals surface area contributed by atoms with Crippen molar-refractivity contribution in [1.29, 1.82) is 0 Å². The zero-order chi connectivity index (χ0) is 14.7. The average Bonchev–Trinajstić information content (AvgIpc) is 2.45. The number of rotatable bonds is 4. The maximum absolute atomic E-state index is 12.0. The molecule has 4 nitrogen and oxygen atoms in total. The van der Waals surface area contributed by atoms with Crippen LogP contribution in [0.5, 0.6) is 5.75 Å². The van der Waals surface area contributed by atoms with Gasteiger partial charge in [-0.25, -0.2) is 0 Å². The van der Waals surface area contributed by atoms with E-state index in [0.717, 1.165) is 19.4 Å².